The van der Waals surface area contributed by atoms with Crippen molar-refractivity contribution in [2.24, 2.45) is 0 Å². The first-order valence-corrected chi connectivity index (χ1v) is 7.21. The van der Waals surface area contributed by atoms with Gasteiger partial charge in [-0.1, -0.05) is 5.16 Å². The smallest absolute Gasteiger partial charge is 0.355 e. The van der Waals surface area contributed by atoms with Gasteiger partial charge in [0.25, 0.3) is 5.89 Å². The maximum Gasteiger partial charge on any atom is 0.355 e. The molecule has 0 saturated heterocycles. The number of esters is 1. The van der Waals surface area contributed by atoms with E-state index in [1.807, 2.05) is 6.07 Å². The molecule has 0 aliphatic rings. The van der Waals surface area contributed by atoms with Crippen LogP contribution in [0.25, 0.3) is 11.4 Å². The number of aromatic amines is 1. The van der Waals surface area contributed by atoms with E-state index in [4.69, 9.17) is 9.26 Å². The second kappa shape index (κ2) is 6.10. The number of hydrogen-bond donors (Lipinski definition) is 1. The Hall–Kier alpha value is -2.48. The third-order valence-corrected chi connectivity index (χ3v) is 3.32. The largest absolute Gasteiger partial charge is 0.448 e. The van der Waals surface area contributed by atoms with Crippen LogP contribution in [0, 0.1) is 0 Å². The molecule has 3 rings (SSSR count). The third-order valence-electron chi connectivity index (χ3n) is 2.86. The number of rotatable bonds is 4. The van der Waals surface area contributed by atoms with Crippen LogP contribution in [0.3, 0.4) is 0 Å². The Morgan fingerprint density at radius 1 is 1.50 bits per heavy atom. The quantitative estimate of drug-likeness (QED) is 0.716. The van der Waals surface area contributed by atoms with Gasteiger partial charge < -0.3 is 14.2 Å². The summed E-state index contributed by atoms with van der Waals surface area (Å²) in [6, 6.07) is 5.22. The molecule has 1 unspecified atom stereocenters. The summed E-state index contributed by atoms with van der Waals surface area (Å²) in [5.74, 6) is 0.116. The van der Waals surface area contributed by atoms with E-state index >= 15 is 0 Å². The van der Waals surface area contributed by atoms with Crippen molar-refractivity contribution < 1.29 is 14.1 Å². The lowest BCUT2D eigenvalue weighted by molar-refractivity contribution is 0.0259. The van der Waals surface area contributed by atoms with Crippen molar-refractivity contribution in [3.8, 4) is 11.4 Å². The van der Waals surface area contributed by atoms with E-state index in [0.29, 0.717) is 11.5 Å². The normalized spacial score (nSPS) is 12.1. The minimum atomic E-state index is -0.660. The van der Waals surface area contributed by atoms with Gasteiger partial charge in [0, 0.05) is 28.6 Å². The average Bonchev–Trinajstić information content (AvgIpc) is 3.17. The second-order valence-electron chi connectivity index (χ2n) is 4.48. The lowest BCUT2D eigenvalue weighted by Gasteiger charge is -2.07. The van der Waals surface area contributed by atoms with Crippen LogP contribution < -0.4 is 0 Å². The van der Waals surface area contributed by atoms with Gasteiger partial charge in [-0.25, -0.2) is 4.79 Å². The van der Waals surface area contributed by atoms with Gasteiger partial charge in [-0.2, -0.15) is 4.98 Å². The highest BCUT2D eigenvalue weighted by molar-refractivity contribution is 9.10. The number of nitrogens with one attached hydrogen (secondary N) is 1. The molecule has 0 spiro atoms. The number of aromatic nitrogens is 4. The van der Waals surface area contributed by atoms with Crippen LogP contribution in [0.1, 0.15) is 29.4 Å². The van der Waals surface area contributed by atoms with Crippen molar-refractivity contribution in [1.82, 2.24) is 20.1 Å². The van der Waals surface area contributed by atoms with E-state index in [-0.39, 0.29) is 5.89 Å². The molecule has 0 amide bonds. The van der Waals surface area contributed by atoms with Crippen molar-refractivity contribution in [2.45, 2.75) is 13.0 Å². The maximum atomic E-state index is 11.9. The molecule has 112 valence electrons. The topological polar surface area (TPSA) is 93.9 Å². The van der Waals surface area contributed by atoms with Crippen LogP contribution in [0.5, 0.6) is 0 Å². The third kappa shape index (κ3) is 3.06. The molecule has 0 bridgehead atoms. The van der Waals surface area contributed by atoms with Gasteiger partial charge >= 0.3 is 5.97 Å². The number of ether oxygens (including phenoxy) is 1. The van der Waals surface area contributed by atoms with Crippen LogP contribution in [0.15, 0.2) is 45.8 Å². The van der Waals surface area contributed by atoms with Crippen molar-refractivity contribution in [2.75, 3.05) is 0 Å². The summed E-state index contributed by atoms with van der Waals surface area (Å²) in [4.78, 5) is 22.9. The average molecular weight is 363 g/mol. The molecular weight excluding hydrogens is 352 g/mol. The molecule has 0 aliphatic carbocycles. The predicted molar refractivity (Wildman–Crippen MR) is 79.9 cm³/mol. The van der Waals surface area contributed by atoms with E-state index < -0.39 is 12.1 Å². The molecule has 22 heavy (non-hydrogen) atoms. The van der Waals surface area contributed by atoms with E-state index in [1.165, 1.54) is 0 Å². The summed E-state index contributed by atoms with van der Waals surface area (Å²) in [5, 5.41) is 3.86. The monoisotopic (exact) mass is 362 g/mol. The molecule has 3 aromatic rings. The first kappa shape index (κ1) is 14.5. The highest BCUT2D eigenvalue weighted by Crippen LogP contribution is 2.21. The SMILES string of the molecule is CC(OC(=O)c1cc(Br)c[nH]1)c1nc(-c2cccnc2)no1. The van der Waals surface area contributed by atoms with Gasteiger partial charge in [0.15, 0.2) is 6.10 Å². The minimum absolute atomic E-state index is 0.220. The van der Waals surface area contributed by atoms with Gasteiger partial charge in [0.05, 0.1) is 0 Å². The molecule has 1 atom stereocenters. The molecule has 0 saturated carbocycles. The summed E-state index contributed by atoms with van der Waals surface area (Å²) < 4.78 is 11.2. The lowest BCUT2D eigenvalue weighted by Crippen LogP contribution is -2.09. The van der Waals surface area contributed by atoms with Crippen molar-refractivity contribution >= 4 is 21.9 Å². The zero-order valence-electron chi connectivity index (χ0n) is 11.5. The first-order valence-electron chi connectivity index (χ1n) is 6.42. The lowest BCUT2D eigenvalue weighted by atomic mass is 10.3. The zero-order chi connectivity index (χ0) is 15.5. The molecule has 1 N–H and O–H groups in total. The van der Waals surface area contributed by atoms with E-state index in [9.17, 15) is 4.79 Å². The highest BCUT2D eigenvalue weighted by atomic mass is 79.9. The van der Waals surface area contributed by atoms with Gasteiger partial charge in [0.1, 0.15) is 5.69 Å². The first-order chi connectivity index (χ1) is 10.6. The molecule has 0 fully saturated rings. The number of carbonyl (C=O) groups excluding carboxylic acids is 1. The minimum Gasteiger partial charge on any atom is -0.448 e. The molecule has 7 nitrogen and oxygen atoms in total. The van der Waals surface area contributed by atoms with Crippen LogP contribution in [0.4, 0.5) is 0 Å². The molecule has 0 aliphatic heterocycles. The van der Waals surface area contributed by atoms with Gasteiger partial charge in [-0.15, -0.1) is 0 Å². The van der Waals surface area contributed by atoms with Crippen molar-refractivity contribution in [3.63, 3.8) is 0 Å². The number of nitrogens with zero attached hydrogens (tertiary/aromatic N) is 3. The molecule has 0 aromatic carbocycles. The molecule has 0 radical (unpaired) electrons. The van der Waals surface area contributed by atoms with Crippen LogP contribution in [0.2, 0.25) is 0 Å². The van der Waals surface area contributed by atoms with E-state index in [2.05, 4.69) is 36.0 Å². The fourth-order valence-electron chi connectivity index (χ4n) is 1.77. The zero-order valence-corrected chi connectivity index (χ0v) is 13.1. The Kier molecular flexibility index (Phi) is 4.01. The Labute approximate surface area is 133 Å². The standard InChI is InChI=1S/C14H11BrN4O3/c1-8(21-14(20)11-5-10(15)7-17-11)13-18-12(19-22-13)9-3-2-4-16-6-9/h2-8,17H,1H3. The van der Waals surface area contributed by atoms with Crippen molar-refractivity contribution in [3.05, 3.63) is 52.8 Å². The molecule has 8 heteroatoms. The second-order valence-corrected chi connectivity index (χ2v) is 5.39. The van der Waals surface area contributed by atoms with Gasteiger partial charge in [-0.3, -0.25) is 4.98 Å². The van der Waals surface area contributed by atoms with E-state index in [1.54, 1.807) is 37.6 Å². The predicted octanol–water partition coefficient (Wildman–Crippen LogP) is 3.14. The Bertz CT molecular complexity index is 784. The number of halogens is 1. The van der Waals surface area contributed by atoms with E-state index in [0.717, 1.165) is 10.0 Å². The van der Waals surface area contributed by atoms with Crippen LogP contribution in [-0.4, -0.2) is 26.1 Å². The Morgan fingerprint density at radius 2 is 2.36 bits per heavy atom. The summed E-state index contributed by atoms with van der Waals surface area (Å²) in [6.07, 6.45) is 4.27. The van der Waals surface area contributed by atoms with Gasteiger partial charge in [-0.05, 0) is 41.1 Å². The fourth-order valence-corrected chi connectivity index (χ4v) is 2.12. The number of pyridine rings is 1. The summed E-state index contributed by atoms with van der Waals surface area (Å²) in [5.41, 5.74) is 1.06. The molecular formula is C14H11BrN4O3. The van der Waals surface area contributed by atoms with Gasteiger partial charge in [0.2, 0.25) is 5.82 Å². The highest BCUT2D eigenvalue weighted by Gasteiger charge is 2.20. The number of hydrogen-bond acceptors (Lipinski definition) is 6. The van der Waals surface area contributed by atoms with Crippen LogP contribution >= 0.6 is 15.9 Å². The Balaban J connectivity index is 1.72. The Morgan fingerprint density at radius 3 is 3.05 bits per heavy atom. The fraction of sp³-hybridized carbons (Fsp3) is 0.143. The van der Waals surface area contributed by atoms with Crippen LogP contribution in [-0.2, 0) is 4.74 Å². The maximum absolute atomic E-state index is 11.9. The summed E-state index contributed by atoms with van der Waals surface area (Å²) >= 11 is 3.25. The summed E-state index contributed by atoms with van der Waals surface area (Å²) in [7, 11) is 0. The molecule has 3 heterocycles. The molecule has 3 aromatic heterocycles. The number of carbonyl (C=O) groups is 1. The summed E-state index contributed by atoms with van der Waals surface area (Å²) in [6.45, 7) is 1.66. The van der Waals surface area contributed by atoms with Crippen molar-refractivity contribution in [1.29, 1.82) is 0 Å². The number of H-pyrrole nitrogens is 1.